The Morgan fingerprint density at radius 1 is 1.23 bits per heavy atom. The van der Waals surface area contributed by atoms with E-state index < -0.39 is 5.97 Å². The fourth-order valence-corrected chi connectivity index (χ4v) is 3.93. The molecule has 1 saturated heterocycles. The van der Waals surface area contributed by atoms with Gasteiger partial charge in [0.1, 0.15) is 5.75 Å². The van der Waals surface area contributed by atoms with E-state index in [1.165, 1.54) is 11.1 Å². The van der Waals surface area contributed by atoms with E-state index in [-0.39, 0.29) is 18.3 Å². The highest BCUT2D eigenvalue weighted by Crippen LogP contribution is 2.28. The molecule has 0 spiro atoms. The molecule has 6 heteroatoms. The number of likely N-dealkylation sites (tertiary alicyclic amines) is 1. The quantitative estimate of drug-likeness (QED) is 0.568. The Kier molecular flexibility index (Phi) is 10.0. The maximum absolute atomic E-state index is 11.2. The number of ether oxygens (including phenoxy) is 2. The van der Waals surface area contributed by atoms with Crippen LogP contribution in [0.1, 0.15) is 29.5 Å². The van der Waals surface area contributed by atoms with Gasteiger partial charge in [0.2, 0.25) is 0 Å². The van der Waals surface area contributed by atoms with Gasteiger partial charge in [-0.2, -0.15) is 0 Å². The molecular weight excluding hydrogens is 414 g/mol. The third-order valence-corrected chi connectivity index (χ3v) is 5.63. The van der Waals surface area contributed by atoms with Gasteiger partial charge in [-0.15, -0.1) is 12.4 Å². The average Bonchev–Trinajstić information content (AvgIpc) is 2.77. The summed E-state index contributed by atoms with van der Waals surface area (Å²) in [4.78, 5) is 13.4. The van der Waals surface area contributed by atoms with Crippen LogP contribution >= 0.6 is 12.4 Å². The molecule has 1 unspecified atom stereocenters. The van der Waals surface area contributed by atoms with Crippen molar-refractivity contribution in [3.63, 3.8) is 0 Å². The first-order valence-electron chi connectivity index (χ1n) is 10.5. The van der Waals surface area contributed by atoms with E-state index in [0.717, 1.165) is 42.8 Å². The van der Waals surface area contributed by atoms with Crippen molar-refractivity contribution in [1.82, 2.24) is 4.90 Å². The number of rotatable bonds is 9. The van der Waals surface area contributed by atoms with E-state index in [1.54, 1.807) is 7.11 Å². The first-order valence-corrected chi connectivity index (χ1v) is 10.5. The zero-order valence-corrected chi connectivity index (χ0v) is 19.1. The van der Waals surface area contributed by atoms with Crippen LogP contribution < -0.4 is 4.74 Å². The van der Waals surface area contributed by atoms with Crippen molar-refractivity contribution < 1.29 is 19.4 Å². The molecule has 0 saturated carbocycles. The second-order valence-electron chi connectivity index (χ2n) is 7.72. The van der Waals surface area contributed by atoms with Crippen LogP contribution in [-0.4, -0.2) is 55.9 Å². The minimum Gasteiger partial charge on any atom is -0.497 e. The van der Waals surface area contributed by atoms with Crippen molar-refractivity contribution in [2.75, 3.05) is 40.0 Å². The Labute approximate surface area is 191 Å². The molecule has 1 fully saturated rings. The minimum absolute atomic E-state index is 0. The molecule has 1 aliphatic heterocycles. The van der Waals surface area contributed by atoms with Crippen molar-refractivity contribution in [3.8, 4) is 5.75 Å². The molecule has 0 radical (unpaired) electrons. The maximum atomic E-state index is 11.2. The summed E-state index contributed by atoms with van der Waals surface area (Å²) in [6.07, 6.45) is 3.83. The highest BCUT2D eigenvalue weighted by molar-refractivity contribution is 5.85. The SMILES string of the molecule is COc1cccc(C(=CCOCCN2CCCC(C(=O)O)C2)c2ccccc2C)c1.Cl. The molecule has 0 aromatic heterocycles. The average molecular weight is 446 g/mol. The first kappa shape index (κ1) is 24.9. The highest BCUT2D eigenvalue weighted by atomic mass is 35.5. The number of nitrogens with zero attached hydrogens (tertiary/aromatic N) is 1. The van der Waals surface area contributed by atoms with Crippen LogP contribution in [0.5, 0.6) is 5.75 Å². The molecule has 2 aromatic carbocycles. The predicted molar refractivity (Wildman–Crippen MR) is 126 cm³/mol. The first-order chi connectivity index (χ1) is 14.6. The number of hydrogen-bond donors (Lipinski definition) is 1. The second kappa shape index (κ2) is 12.5. The molecule has 0 bridgehead atoms. The number of halogens is 1. The topological polar surface area (TPSA) is 59.0 Å². The third kappa shape index (κ3) is 7.10. The van der Waals surface area contributed by atoms with E-state index in [2.05, 4.69) is 36.1 Å². The summed E-state index contributed by atoms with van der Waals surface area (Å²) < 4.78 is 11.3. The van der Waals surface area contributed by atoms with Crippen molar-refractivity contribution in [2.24, 2.45) is 5.92 Å². The van der Waals surface area contributed by atoms with Crippen LogP contribution in [0.2, 0.25) is 0 Å². The highest BCUT2D eigenvalue weighted by Gasteiger charge is 2.24. The summed E-state index contributed by atoms with van der Waals surface area (Å²) in [6.45, 7) is 5.52. The van der Waals surface area contributed by atoms with Gasteiger partial charge >= 0.3 is 5.97 Å². The Balaban J connectivity index is 0.00000341. The molecule has 0 amide bonds. The molecule has 0 aliphatic carbocycles. The van der Waals surface area contributed by atoms with E-state index in [9.17, 15) is 9.90 Å². The van der Waals surface area contributed by atoms with Gasteiger partial charge in [-0.05, 0) is 60.7 Å². The van der Waals surface area contributed by atoms with E-state index >= 15 is 0 Å². The smallest absolute Gasteiger partial charge is 0.307 e. The molecule has 1 heterocycles. The van der Waals surface area contributed by atoms with Gasteiger partial charge in [-0.3, -0.25) is 4.79 Å². The summed E-state index contributed by atoms with van der Waals surface area (Å²) in [5.41, 5.74) is 4.60. The van der Waals surface area contributed by atoms with Crippen molar-refractivity contribution in [1.29, 1.82) is 0 Å². The standard InChI is InChI=1S/C25H31NO4.ClH/c1-19-7-3-4-11-23(19)24(20-8-5-10-22(17-20)29-2)12-15-30-16-14-26-13-6-9-21(18-26)25(27)28;/h3-5,7-8,10-12,17,21H,6,9,13-16,18H2,1-2H3,(H,27,28);1H. The number of hydrogen-bond acceptors (Lipinski definition) is 4. The zero-order chi connectivity index (χ0) is 21.3. The molecule has 1 atom stereocenters. The van der Waals surface area contributed by atoms with Crippen LogP contribution in [0.3, 0.4) is 0 Å². The number of benzene rings is 2. The second-order valence-corrected chi connectivity index (χ2v) is 7.72. The Morgan fingerprint density at radius 3 is 2.77 bits per heavy atom. The van der Waals surface area contributed by atoms with Gasteiger partial charge in [0.25, 0.3) is 0 Å². The Hall–Kier alpha value is -2.34. The molecule has 168 valence electrons. The summed E-state index contributed by atoms with van der Waals surface area (Å²) in [6, 6.07) is 16.4. The molecule has 31 heavy (non-hydrogen) atoms. The van der Waals surface area contributed by atoms with E-state index in [0.29, 0.717) is 19.8 Å². The van der Waals surface area contributed by atoms with Crippen molar-refractivity contribution >= 4 is 23.9 Å². The van der Waals surface area contributed by atoms with Crippen molar-refractivity contribution in [2.45, 2.75) is 19.8 Å². The van der Waals surface area contributed by atoms with Gasteiger partial charge < -0.3 is 19.5 Å². The van der Waals surface area contributed by atoms with Crippen LogP contribution in [0, 0.1) is 12.8 Å². The predicted octanol–water partition coefficient (Wildman–Crippen LogP) is 4.67. The van der Waals surface area contributed by atoms with Gasteiger partial charge in [-0.1, -0.05) is 42.5 Å². The fraction of sp³-hybridized carbons (Fsp3) is 0.400. The summed E-state index contributed by atoms with van der Waals surface area (Å²) >= 11 is 0. The normalized spacial score (nSPS) is 17.1. The third-order valence-electron chi connectivity index (χ3n) is 5.63. The minimum atomic E-state index is -0.690. The molecule has 1 N–H and O–H groups in total. The lowest BCUT2D eigenvalue weighted by atomic mass is 9.94. The van der Waals surface area contributed by atoms with Crippen LogP contribution in [0.25, 0.3) is 5.57 Å². The summed E-state index contributed by atoms with van der Waals surface area (Å²) in [7, 11) is 1.68. The molecule has 3 rings (SSSR count). The number of carboxylic acid groups (broad SMARTS) is 1. The number of piperidine rings is 1. The molecule has 2 aromatic rings. The monoisotopic (exact) mass is 445 g/mol. The summed E-state index contributed by atoms with van der Waals surface area (Å²) in [5.74, 6) is -0.116. The molecule has 5 nitrogen and oxygen atoms in total. The van der Waals surface area contributed by atoms with Gasteiger partial charge in [-0.25, -0.2) is 0 Å². The Bertz CT molecular complexity index is 883. The van der Waals surface area contributed by atoms with Gasteiger partial charge in [0.15, 0.2) is 0 Å². The zero-order valence-electron chi connectivity index (χ0n) is 18.3. The number of carbonyl (C=O) groups is 1. The maximum Gasteiger partial charge on any atom is 0.307 e. The Morgan fingerprint density at radius 2 is 2.03 bits per heavy atom. The van der Waals surface area contributed by atoms with E-state index in [4.69, 9.17) is 9.47 Å². The van der Waals surface area contributed by atoms with Crippen molar-refractivity contribution in [3.05, 3.63) is 71.3 Å². The van der Waals surface area contributed by atoms with Crippen LogP contribution in [-0.2, 0) is 9.53 Å². The van der Waals surface area contributed by atoms with E-state index in [1.807, 2.05) is 30.3 Å². The fourth-order valence-electron chi connectivity index (χ4n) is 3.93. The summed E-state index contributed by atoms with van der Waals surface area (Å²) in [5, 5.41) is 9.23. The lowest BCUT2D eigenvalue weighted by molar-refractivity contribution is -0.143. The number of methoxy groups -OCH3 is 1. The number of carboxylic acids is 1. The largest absolute Gasteiger partial charge is 0.497 e. The molecule has 1 aliphatic rings. The molecular formula is C25H32ClNO4. The number of aliphatic carboxylic acids is 1. The lowest BCUT2D eigenvalue weighted by Crippen LogP contribution is -2.40. The van der Waals surface area contributed by atoms with Crippen LogP contribution in [0.15, 0.2) is 54.6 Å². The number of aryl methyl sites for hydroxylation is 1. The lowest BCUT2D eigenvalue weighted by Gasteiger charge is -2.30. The van der Waals surface area contributed by atoms with Crippen LogP contribution in [0.4, 0.5) is 0 Å². The van der Waals surface area contributed by atoms with Gasteiger partial charge in [0.05, 0.1) is 26.2 Å². The van der Waals surface area contributed by atoms with Gasteiger partial charge in [0, 0.05) is 13.1 Å².